The quantitative estimate of drug-likeness (QED) is 0.502. The van der Waals surface area contributed by atoms with Crippen LogP contribution in [0.25, 0.3) is 0 Å². The topological polar surface area (TPSA) is 83.8 Å². The van der Waals surface area contributed by atoms with E-state index >= 15 is 0 Å². The molecule has 0 atom stereocenters. The Morgan fingerprint density at radius 3 is 2.23 bits per heavy atom. The van der Waals surface area contributed by atoms with E-state index in [0.717, 1.165) is 0 Å². The van der Waals surface area contributed by atoms with E-state index < -0.39 is 19.2 Å². The molecule has 0 spiro atoms. The van der Waals surface area contributed by atoms with Crippen LogP contribution in [-0.2, 0) is 4.79 Å². The Bertz CT molecular complexity index is 682. The summed E-state index contributed by atoms with van der Waals surface area (Å²) >= 11 is 0. The van der Waals surface area contributed by atoms with E-state index in [1.165, 1.54) is 24.3 Å². The number of benzene rings is 2. The molecule has 0 aromatic heterocycles. The van der Waals surface area contributed by atoms with Gasteiger partial charge in [-0.25, -0.2) is 14.6 Å². The van der Waals surface area contributed by atoms with Crippen LogP contribution in [0.2, 0.25) is 0 Å². The molecule has 0 aliphatic rings. The molecule has 5 nitrogen and oxygen atoms in total. The second-order valence-corrected chi connectivity index (χ2v) is 6.66. The van der Waals surface area contributed by atoms with Crippen molar-refractivity contribution in [2.75, 3.05) is 0 Å². The molecule has 0 aliphatic carbocycles. The van der Waals surface area contributed by atoms with Gasteiger partial charge in [-0.15, -0.1) is 0 Å². The molecule has 0 amide bonds. The van der Waals surface area contributed by atoms with Crippen LogP contribution in [0.3, 0.4) is 0 Å². The summed E-state index contributed by atoms with van der Waals surface area (Å²) < 4.78 is 5.08. The van der Waals surface area contributed by atoms with Crippen LogP contribution in [-0.4, -0.2) is 21.3 Å². The Morgan fingerprint density at radius 2 is 1.59 bits per heavy atom. The number of carbonyl (C=O) groups is 2. The van der Waals surface area contributed by atoms with Crippen LogP contribution in [0, 0.1) is 0 Å². The first-order chi connectivity index (χ1) is 10.5. The van der Waals surface area contributed by atoms with Gasteiger partial charge in [-0.2, -0.15) is 0 Å². The van der Waals surface area contributed by atoms with E-state index in [1.807, 2.05) is 0 Å². The van der Waals surface area contributed by atoms with Crippen molar-refractivity contribution < 1.29 is 24.1 Å². The highest BCUT2D eigenvalue weighted by molar-refractivity contribution is 7.88. The highest BCUT2D eigenvalue weighted by atomic mass is 31.2. The van der Waals surface area contributed by atoms with Crippen LogP contribution < -0.4 is 10.0 Å². The van der Waals surface area contributed by atoms with E-state index in [0.29, 0.717) is 0 Å². The van der Waals surface area contributed by atoms with Crippen molar-refractivity contribution in [3.63, 3.8) is 0 Å². The minimum atomic E-state index is -4.13. The third-order valence-electron chi connectivity index (χ3n) is 3.02. The van der Waals surface area contributed by atoms with Crippen molar-refractivity contribution in [1.29, 1.82) is 0 Å². The molecule has 2 aromatic rings. The zero-order valence-corrected chi connectivity index (χ0v) is 12.9. The van der Waals surface area contributed by atoms with Crippen LogP contribution in [0.4, 0.5) is 0 Å². The van der Waals surface area contributed by atoms with Gasteiger partial charge >= 0.3 is 19.2 Å². The van der Waals surface area contributed by atoms with E-state index in [1.54, 1.807) is 37.3 Å². The fourth-order valence-electron chi connectivity index (χ4n) is 1.87. The summed E-state index contributed by atoms with van der Waals surface area (Å²) in [5.74, 6) is -0.517. The summed E-state index contributed by atoms with van der Waals surface area (Å²) in [5, 5.41) is -0.0642. The molecular formula is C16H16O5P+. The van der Waals surface area contributed by atoms with Gasteiger partial charge in [0.15, 0.2) is 5.75 Å². The van der Waals surface area contributed by atoms with Crippen LogP contribution in [0.15, 0.2) is 54.6 Å². The van der Waals surface area contributed by atoms with Gasteiger partial charge in [0.25, 0.3) is 0 Å². The van der Waals surface area contributed by atoms with Crippen molar-refractivity contribution in [3.05, 3.63) is 60.2 Å². The number of esters is 1. The number of hydrogen-bond acceptors (Lipinski definition) is 5. The summed E-state index contributed by atoms with van der Waals surface area (Å²) in [5.41, 5.74) is -0.592. The smallest absolute Gasteiger partial charge is 0.380 e. The van der Waals surface area contributed by atoms with Gasteiger partial charge in [0, 0.05) is 6.42 Å². The molecule has 22 heavy (non-hydrogen) atoms. The first-order valence-corrected chi connectivity index (χ1v) is 8.41. The number of ether oxygens (including phenoxy) is 1. The Hall–Kier alpha value is -2.07. The highest BCUT2D eigenvalue weighted by Crippen LogP contribution is 2.53. The Balaban J connectivity index is 2.41. The lowest BCUT2D eigenvalue weighted by Gasteiger charge is -2.13. The monoisotopic (exact) mass is 319 g/mol. The fraction of sp³-hybridized carbons (Fsp3) is 0.125. The molecule has 0 aliphatic heterocycles. The van der Waals surface area contributed by atoms with Crippen molar-refractivity contribution in [2.24, 2.45) is 0 Å². The maximum Gasteiger partial charge on any atom is 0.380 e. The first-order valence-electron chi connectivity index (χ1n) is 6.71. The lowest BCUT2D eigenvalue weighted by Crippen LogP contribution is -2.22. The van der Waals surface area contributed by atoms with E-state index in [9.17, 15) is 19.4 Å². The molecule has 0 unspecified atom stereocenters. The summed E-state index contributed by atoms with van der Waals surface area (Å²) in [7, 11) is -4.13. The van der Waals surface area contributed by atoms with Crippen molar-refractivity contribution in [3.8, 4) is 5.75 Å². The average molecular weight is 319 g/mol. The molecule has 0 heterocycles. The largest absolute Gasteiger partial charge is 0.422 e. The van der Waals surface area contributed by atoms with Gasteiger partial charge in [0.2, 0.25) is 5.30 Å². The predicted octanol–water partition coefficient (Wildman–Crippen LogP) is 2.30. The van der Waals surface area contributed by atoms with Crippen LogP contribution in [0.5, 0.6) is 5.75 Å². The first kappa shape index (κ1) is 16.3. The second kappa shape index (κ2) is 6.79. The summed E-state index contributed by atoms with van der Waals surface area (Å²) in [6.07, 6.45) is 0.142. The summed E-state index contributed by atoms with van der Waals surface area (Å²) in [4.78, 5) is 44.6. The van der Waals surface area contributed by atoms with Gasteiger partial charge in [0.1, 0.15) is 0 Å². The number of rotatable bonds is 5. The second-order valence-electron chi connectivity index (χ2n) is 4.57. The average Bonchev–Trinajstić information content (AvgIpc) is 2.55. The molecule has 114 valence electrons. The van der Waals surface area contributed by atoms with Gasteiger partial charge in [-0.3, -0.25) is 4.79 Å². The standard InChI is InChI=1S/C16H16O5P/c1-2-15(17)21-13-10-6-7-11-14(13)22(19,20)16(18)12-8-4-3-5-9-12/h3-11,19-20H,2H2,1H3/q+1. The van der Waals surface area contributed by atoms with Crippen molar-refractivity contribution in [1.82, 2.24) is 0 Å². The van der Waals surface area contributed by atoms with E-state index in [-0.39, 0.29) is 23.0 Å². The predicted molar refractivity (Wildman–Crippen MR) is 84.1 cm³/mol. The Morgan fingerprint density at radius 1 is 1.00 bits per heavy atom. The number of hydrogen-bond donors (Lipinski definition) is 2. The molecule has 2 rings (SSSR count). The third kappa shape index (κ3) is 3.39. The Labute approximate surface area is 128 Å². The molecule has 0 fully saturated rings. The molecule has 0 radical (unpaired) electrons. The maximum atomic E-state index is 12.4. The number of carbonyl (C=O) groups excluding carboxylic acids is 2. The zero-order chi connectivity index (χ0) is 16.2. The van der Waals surface area contributed by atoms with Gasteiger partial charge < -0.3 is 4.74 Å². The SMILES string of the molecule is CCC(=O)Oc1ccccc1[P+](O)(O)C(=O)c1ccccc1. The van der Waals surface area contributed by atoms with Crippen LogP contribution >= 0.6 is 7.72 Å². The lowest BCUT2D eigenvalue weighted by molar-refractivity contribution is -0.133. The molecule has 2 N–H and O–H groups in total. The van der Waals surface area contributed by atoms with Gasteiger partial charge in [0.05, 0.1) is 5.56 Å². The van der Waals surface area contributed by atoms with Gasteiger partial charge in [-0.05, 0) is 24.3 Å². The minimum absolute atomic E-state index is 0.00281. The Kier molecular flexibility index (Phi) is 5.03. The molecule has 6 heteroatoms. The lowest BCUT2D eigenvalue weighted by atomic mass is 10.2. The van der Waals surface area contributed by atoms with Gasteiger partial charge in [-0.1, -0.05) is 37.3 Å². The van der Waals surface area contributed by atoms with E-state index in [4.69, 9.17) is 4.74 Å². The maximum absolute atomic E-state index is 12.4. The number of para-hydroxylation sites is 1. The minimum Gasteiger partial charge on any atom is -0.422 e. The van der Waals surface area contributed by atoms with Crippen molar-refractivity contribution >= 4 is 24.5 Å². The normalized spacial score (nSPS) is 11.0. The molecule has 0 saturated heterocycles. The van der Waals surface area contributed by atoms with Crippen molar-refractivity contribution in [2.45, 2.75) is 13.3 Å². The van der Waals surface area contributed by atoms with E-state index in [2.05, 4.69) is 0 Å². The molecule has 0 bridgehead atoms. The van der Waals surface area contributed by atoms with Crippen LogP contribution in [0.1, 0.15) is 23.7 Å². The third-order valence-corrected chi connectivity index (χ3v) is 4.88. The fourth-order valence-corrected chi connectivity index (χ4v) is 3.32. The summed E-state index contributed by atoms with van der Waals surface area (Å²) in [6.45, 7) is 1.63. The molecule has 0 saturated carbocycles. The zero-order valence-electron chi connectivity index (χ0n) is 12.0. The molecular weight excluding hydrogens is 303 g/mol. The highest BCUT2D eigenvalue weighted by Gasteiger charge is 2.50. The summed E-state index contributed by atoms with van der Waals surface area (Å²) in [6, 6.07) is 14.0. The molecule has 2 aromatic carbocycles.